The zero-order valence-electron chi connectivity index (χ0n) is 13.3. The molecule has 0 heterocycles. The minimum Gasteiger partial charge on any atom is -0.507 e. The third kappa shape index (κ3) is 4.99. The number of methoxy groups -OCH3 is 1. The largest absolute Gasteiger partial charge is 0.507 e. The summed E-state index contributed by atoms with van der Waals surface area (Å²) in [5.41, 5.74) is 3.71. The number of aromatic hydroxyl groups is 1. The molecular weight excluding hydrogens is 374 g/mol. The van der Waals surface area contributed by atoms with Crippen LogP contribution in [0.3, 0.4) is 0 Å². The smallest absolute Gasteiger partial charge is 0.262 e. The highest BCUT2D eigenvalue weighted by molar-refractivity contribution is 9.10. The molecule has 7 heteroatoms. The Kier molecular flexibility index (Phi) is 6.20. The van der Waals surface area contributed by atoms with E-state index in [1.165, 1.54) is 19.4 Å². The van der Waals surface area contributed by atoms with Crippen LogP contribution >= 0.6 is 15.9 Å². The van der Waals surface area contributed by atoms with Crippen LogP contribution < -0.4 is 15.5 Å². The van der Waals surface area contributed by atoms with Crippen LogP contribution in [-0.2, 0) is 4.79 Å². The molecule has 2 aromatic rings. The van der Waals surface area contributed by atoms with Crippen molar-refractivity contribution >= 4 is 33.7 Å². The van der Waals surface area contributed by atoms with Crippen molar-refractivity contribution in [2.75, 3.05) is 12.4 Å². The van der Waals surface area contributed by atoms with E-state index < -0.39 is 6.04 Å². The minimum absolute atomic E-state index is 0.0508. The quantitative estimate of drug-likeness (QED) is 0.521. The fraction of sp³-hybridized carbons (Fsp3) is 0.176. The van der Waals surface area contributed by atoms with Gasteiger partial charge >= 0.3 is 0 Å². The fourth-order valence-corrected chi connectivity index (χ4v) is 2.15. The lowest BCUT2D eigenvalue weighted by molar-refractivity contribution is -0.121. The second kappa shape index (κ2) is 8.35. The minimum atomic E-state index is -0.470. The first kappa shape index (κ1) is 17.8. The lowest BCUT2D eigenvalue weighted by Crippen LogP contribution is -2.34. The number of rotatable bonds is 6. The number of halogens is 1. The predicted octanol–water partition coefficient (Wildman–Crippen LogP) is 3.11. The zero-order valence-corrected chi connectivity index (χ0v) is 14.9. The number of anilines is 1. The molecule has 6 nitrogen and oxygen atoms in total. The van der Waals surface area contributed by atoms with Gasteiger partial charge in [-0.05, 0) is 49.4 Å². The molecule has 0 saturated heterocycles. The standard InChI is InChI=1S/C17H18BrN3O3/c1-11(20-14-5-3-13(18)4-6-14)17(23)21-19-10-12-9-15(24-2)7-8-16(12)22/h3-11,20,22H,1-2H3,(H,21,23)/b19-10-/t11-/m0/s1. The molecular formula is C17H18BrN3O3. The summed E-state index contributed by atoms with van der Waals surface area (Å²) in [5.74, 6) is 0.345. The molecule has 0 bridgehead atoms. The van der Waals surface area contributed by atoms with Crippen LogP contribution in [0.2, 0.25) is 0 Å². The fourth-order valence-electron chi connectivity index (χ4n) is 1.89. The lowest BCUT2D eigenvalue weighted by Gasteiger charge is -2.13. The van der Waals surface area contributed by atoms with Gasteiger partial charge < -0.3 is 15.2 Å². The number of phenolic OH excluding ortho intramolecular Hbond substituents is 1. The number of carbonyl (C=O) groups excluding carboxylic acids is 1. The highest BCUT2D eigenvalue weighted by Crippen LogP contribution is 2.21. The molecule has 0 aliphatic carbocycles. The molecule has 1 amide bonds. The number of hydrogen-bond donors (Lipinski definition) is 3. The van der Waals surface area contributed by atoms with Crippen molar-refractivity contribution in [3.63, 3.8) is 0 Å². The Morgan fingerprint density at radius 3 is 2.67 bits per heavy atom. The van der Waals surface area contributed by atoms with E-state index in [2.05, 4.69) is 31.8 Å². The molecule has 126 valence electrons. The first-order valence-electron chi connectivity index (χ1n) is 7.21. The van der Waals surface area contributed by atoms with Gasteiger partial charge in [-0.2, -0.15) is 5.10 Å². The Balaban J connectivity index is 1.93. The Morgan fingerprint density at radius 2 is 2.00 bits per heavy atom. The molecule has 0 saturated carbocycles. The van der Waals surface area contributed by atoms with Gasteiger partial charge in [0.05, 0.1) is 13.3 Å². The average molecular weight is 392 g/mol. The number of phenols is 1. The van der Waals surface area contributed by atoms with Gasteiger partial charge in [0.25, 0.3) is 5.91 Å². The molecule has 0 spiro atoms. The summed E-state index contributed by atoms with van der Waals surface area (Å²) in [5, 5.41) is 16.7. The summed E-state index contributed by atoms with van der Waals surface area (Å²) in [4.78, 5) is 12.0. The predicted molar refractivity (Wildman–Crippen MR) is 97.6 cm³/mol. The van der Waals surface area contributed by atoms with Gasteiger partial charge in [-0.25, -0.2) is 5.43 Å². The van der Waals surface area contributed by atoms with Gasteiger partial charge in [-0.15, -0.1) is 0 Å². The van der Waals surface area contributed by atoms with Crippen molar-refractivity contribution < 1.29 is 14.6 Å². The Labute approximate surface area is 148 Å². The van der Waals surface area contributed by atoms with Crippen molar-refractivity contribution in [3.8, 4) is 11.5 Å². The Hall–Kier alpha value is -2.54. The Bertz CT molecular complexity index is 732. The van der Waals surface area contributed by atoms with Crippen molar-refractivity contribution in [3.05, 3.63) is 52.5 Å². The number of nitrogens with one attached hydrogen (secondary N) is 2. The van der Waals surface area contributed by atoms with Gasteiger partial charge in [0.1, 0.15) is 17.5 Å². The van der Waals surface area contributed by atoms with Crippen LogP contribution in [0.15, 0.2) is 52.0 Å². The molecule has 0 aliphatic heterocycles. The summed E-state index contributed by atoms with van der Waals surface area (Å²) in [7, 11) is 1.53. The van der Waals surface area contributed by atoms with Gasteiger partial charge in [-0.3, -0.25) is 4.79 Å². The second-order valence-electron chi connectivity index (χ2n) is 5.03. The number of nitrogens with zero attached hydrogens (tertiary/aromatic N) is 1. The van der Waals surface area contributed by atoms with Gasteiger partial charge in [0.15, 0.2) is 0 Å². The number of hydrazone groups is 1. The first-order chi connectivity index (χ1) is 11.5. The molecule has 0 aliphatic rings. The van der Waals surface area contributed by atoms with Gasteiger partial charge in [0.2, 0.25) is 0 Å². The number of benzene rings is 2. The number of hydrogen-bond acceptors (Lipinski definition) is 5. The molecule has 24 heavy (non-hydrogen) atoms. The van der Waals surface area contributed by atoms with Crippen LogP contribution in [0.25, 0.3) is 0 Å². The van der Waals surface area contributed by atoms with Crippen molar-refractivity contribution in [1.82, 2.24) is 5.43 Å². The van der Waals surface area contributed by atoms with E-state index in [4.69, 9.17) is 4.74 Å². The van der Waals surface area contributed by atoms with Crippen LogP contribution in [0, 0.1) is 0 Å². The van der Waals surface area contributed by atoms with Crippen molar-refractivity contribution in [2.24, 2.45) is 5.10 Å². The second-order valence-corrected chi connectivity index (χ2v) is 5.95. The van der Waals surface area contributed by atoms with Crippen molar-refractivity contribution in [1.29, 1.82) is 0 Å². The molecule has 0 unspecified atom stereocenters. The average Bonchev–Trinajstić information content (AvgIpc) is 2.58. The highest BCUT2D eigenvalue weighted by Gasteiger charge is 2.11. The maximum atomic E-state index is 12.0. The lowest BCUT2D eigenvalue weighted by atomic mass is 10.2. The summed E-state index contributed by atoms with van der Waals surface area (Å²) >= 11 is 3.36. The third-order valence-electron chi connectivity index (χ3n) is 3.23. The monoisotopic (exact) mass is 391 g/mol. The van der Waals surface area contributed by atoms with E-state index in [-0.39, 0.29) is 11.7 Å². The highest BCUT2D eigenvalue weighted by atomic mass is 79.9. The van der Waals surface area contributed by atoms with Gasteiger partial charge in [0, 0.05) is 15.7 Å². The summed E-state index contributed by atoms with van der Waals surface area (Å²) in [6.07, 6.45) is 1.36. The molecule has 0 fully saturated rings. The molecule has 0 radical (unpaired) electrons. The zero-order chi connectivity index (χ0) is 17.5. The van der Waals surface area contributed by atoms with E-state index in [0.717, 1.165) is 10.2 Å². The van der Waals surface area contributed by atoms with Crippen LogP contribution in [0.4, 0.5) is 5.69 Å². The first-order valence-corrected chi connectivity index (χ1v) is 8.01. The van der Waals surface area contributed by atoms with Crippen LogP contribution in [0.5, 0.6) is 11.5 Å². The van der Waals surface area contributed by atoms with E-state index >= 15 is 0 Å². The van der Waals surface area contributed by atoms with Crippen LogP contribution in [0.1, 0.15) is 12.5 Å². The normalized spacial score (nSPS) is 12.0. The third-order valence-corrected chi connectivity index (χ3v) is 3.76. The summed E-state index contributed by atoms with van der Waals surface area (Å²) in [6.45, 7) is 1.73. The van der Waals surface area contributed by atoms with Gasteiger partial charge in [-0.1, -0.05) is 15.9 Å². The molecule has 3 N–H and O–H groups in total. The van der Waals surface area contributed by atoms with E-state index in [9.17, 15) is 9.90 Å². The molecule has 1 atom stereocenters. The SMILES string of the molecule is COc1ccc(O)c(/C=N\NC(=O)[C@H](C)Nc2ccc(Br)cc2)c1. The number of amides is 1. The summed E-state index contributed by atoms with van der Waals surface area (Å²) in [6, 6.07) is 11.8. The summed E-state index contributed by atoms with van der Waals surface area (Å²) < 4.78 is 6.04. The van der Waals surface area contributed by atoms with Crippen LogP contribution in [-0.4, -0.2) is 30.4 Å². The molecule has 2 rings (SSSR count). The Morgan fingerprint density at radius 1 is 1.29 bits per heavy atom. The van der Waals surface area contributed by atoms with E-state index in [1.54, 1.807) is 19.1 Å². The molecule has 2 aromatic carbocycles. The number of ether oxygens (including phenoxy) is 1. The number of carbonyl (C=O) groups is 1. The maximum Gasteiger partial charge on any atom is 0.262 e. The molecule has 0 aromatic heterocycles. The topological polar surface area (TPSA) is 83.0 Å². The van der Waals surface area contributed by atoms with Crippen molar-refractivity contribution in [2.45, 2.75) is 13.0 Å². The maximum absolute atomic E-state index is 12.0. The van der Waals surface area contributed by atoms with E-state index in [1.807, 2.05) is 24.3 Å². The van der Waals surface area contributed by atoms with E-state index in [0.29, 0.717) is 11.3 Å².